The minimum atomic E-state index is -0.551. The number of benzene rings is 1. The molecule has 0 saturated heterocycles. The van der Waals surface area contributed by atoms with E-state index in [0.29, 0.717) is 11.5 Å². The number of anilines is 1. The molecule has 0 aliphatic heterocycles. The van der Waals surface area contributed by atoms with E-state index in [-0.39, 0.29) is 18.3 Å². The molecule has 7 heteroatoms. The second-order valence-corrected chi connectivity index (χ2v) is 4.87. The fourth-order valence-corrected chi connectivity index (χ4v) is 2.08. The molecular formula is C14H16N4O3. The molecular weight excluding hydrogens is 272 g/mol. The number of hydrogen-bond acceptors (Lipinski definition) is 4. The van der Waals surface area contributed by atoms with Crippen LogP contribution >= 0.6 is 0 Å². The summed E-state index contributed by atoms with van der Waals surface area (Å²) >= 11 is 0. The highest BCUT2D eigenvalue weighted by Gasteiger charge is 2.20. The number of nitro groups is 1. The fraction of sp³-hybridized carbons (Fsp3) is 0.286. The first kappa shape index (κ1) is 14.7. The molecule has 21 heavy (non-hydrogen) atoms. The molecule has 0 spiro atoms. The van der Waals surface area contributed by atoms with Gasteiger partial charge in [-0.25, -0.2) is 9.55 Å². The van der Waals surface area contributed by atoms with Crippen molar-refractivity contribution in [1.82, 2.24) is 9.55 Å². The van der Waals surface area contributed by atoms with Gasteiger partial charge >= 0.3 is 5.82 Å². The van der Waals surface area contributed by atoms with Crippen molar-refractivity contribution in [2.75, 3.05) is 5.32 Å². The van der Waals surface area contributed by atoms with Crippen molar-refractivity contribution in [3.05, 3.63) is 51.5 Å². The van der Waals surface area contributed by atoms with E-state index in [1.165, 1.54) is 4.57 Å². The van der Waals surface area contributed by atoms with Crippen LogP contribution in [0.3, 0.4) is 0 Å². The quantitative estimate of drug-likeness (QED) is 0.690. The molecule has 1 aromatic heterocycles. The zero-order chi connectivity index (χ0) is 15.6. The van der Waals surface area contributed by atoms with Crippen LogP contribution in [-0.2, 0) is 11.3 Å². The standard InChI is InChI=1S/C14H16N4O3/c1-9-4-5-12(10(2)6-9)16-13(19)8-17-11(3)15-7-14(17)18(20)21/h4-7H,8H2,1-3H3,(H,16,19). The third kappa shape index (κ3) is 3.25. The molecule has 0 radical (unpaired) electrons. The first-order valence-corrected chi connectivity index (χ1v) is 6.42. The van der Waals surface area contributed by atoms with Gasteiger partial charge in [0, 0.05) is 12.6 Å². The van der Waals surface area contributed by atoms with Crippen LogP contribution in [0.15, 0.2) is 24.4 Å². The molecule has 1 N–H and O–H groups in total. The lowest BCUT2D eigenvalue weighted by molar-refractivity contribution is -0.392. The molecule has 0 fully saturated rings. The van der Waals surface area contributed by atoms with Gasteiger partial charge in [-0.2, -0.15) is 0 Å². The van der Waals surface area contributed by atoms with Gasteiger partial charge in [0.1, 0.15) is 6.20 Å². The molecule has 0 atom stereocenters. The number of amides is 1. The summed E-state index contributed by atoms with van der Waals surface area (Å²) in [5, 5.41) is 13.6. The summed E-state index contributed by atoms with van der Waals surface area (Å²) < 4.78 is 1.28. The maximum atomic E-state index is 12.1. The highest BCUT2D eigenvalue weighted by Crippen LogP contribution is 2.17. The average Bonchev–Trinajstić information content (AvgIpc) is 2.75. The van der Waals surface area contributed by atoms with Gasteiger partial charge in [-0.3, -0.25) is 4.79 Å². The number of nitrogens with zero attached hydrogens (tertiary/aromatic N) is 3. The van der Waals surface area contributed by atoms with Crippen molar-refractivity contribution in [3.63, 3.8) is 0 Å². The predicted octanol–water partition coefficient (Wildman–Crippen LogP) is 2.36. The third-order valence-corrected chi connectivity index (χ3v) is 3.18. The van der Waals surface area contributed by atoms with Crippen LogP contribution in [0.2, 0.25) is 0 Å². The van der Waals surface area contributed by atoms with Crippen LogP contribution in [0, 0.1) is 30.9 Å². The molecule has 1 heterocycles. The van der Waals surface area contributed by atoms with E-state index in [1.807, 2.05) is 32.0 Å². The van der Waals surface area contributed by atoms with E-state index >= 15 is 0 Å². The number of carbonyl (C=O) groups excluding carboxylic acids is 1. The van der Waals surface area contributed by atoms with Crippen LogP contribution in [0.5, 0.6) is 0 Å². The van der Waals surface area contributed by atoms with Crippen LogP contribution in [0.1, 0.15) is 17.0 Å². The molecule has 2 aromatic rings. The second kappa shape index (κ2) is 5.74. The Labute approximate surface area is 121 Å². The van der Waals surface area contributed by atoms with Gasteiger partial charge in [0.15, 0.2) is 12.4 Å². The van der Waals surface area contributed by atoms with E-state index in [4.69, 9.17) is 0 Å². The van der Waals surface area contributed by atoms with E-state index < -0.39 is 4.92 Å². The molecule has 2 rings (SSSR count). The predicted molar refractivity (Wildman–Crippen MR) is 78.2 cm³/mol. The van der Waals surface area contributed by atoms with E-state index in [1.54, 1.807) is 6.92 Å². The van der Waals surface area contributed by atoms with E-state index in [2.05, 4.69) is 10.3 Å². The van der Waals surface area contributed by atoms with Crippen LogP contribution in [0.25, 0.3) is 0 Å². The highest BCUT2D eigenvalue weighted by molar-refractivity contribution is 5.91. The summed E-state index contributed by atoms with van der Waals surface area (Å²) in [6, 6.07) is 5.67. The molecule has 0 aliphatic carbocycles. The maximum absolute atomic E-state index is 12.1. The summed E-state index contributed by atoms with van der Waals surface area (Å²) in [7, 11) is 0. The molecule has 0 aliphatic rings. The molecule has 0 unspecified atom stereocenters. The number of nitrogens with one attached hydrogen (secondary N) is 1. The zero-order valence-electron chi connectivity index (χ0n) is 12.1. The normalized spacial score (nSPS) is 10.4. The summed E-state index contributed by atoms with van der Waals surface area (Å²) in [5.74, 6) is -0.0908. The van der Waals surface area contributed by atoms with Gasteiger partial charge in [-0.15, -0.1) is 0 Å². The van der Waals surface area contributed by atoms with Crippen molar-refractivity contribution < 1.29 is 9.72 Å². The van der Waals surface area contributed by atoms with Crippen LogP contribution < -0.4 is 5.32 Å². The second-order valence-electron chi connectivity index (χ2n) is 4.87. The van der Waals surface area contributed by atoms with Crippen molar-refractivity contribution in [1.29, 1.82) is 0 Å². The average molecular weight is 288 g/mol. The first-order chi connectivity index (χ1) is 9.88. The molecule has 0 saturated carbocycles. The summed E-state index contributed by atoms with van der Waals surface area (Å²) in [5.41, 5.74) is 2.75. The highest BCUT2D eigenvalue weighted by atomic mass is 16.6. The lowest BCUT2D eigenvalue weighted by Crippen LogP contribution is -2.21. The number of rotatable bonds is 4. The van der Waals surface area contributed by atoms with Crippen LogP contribution in [-0.4, -0.2) is 20.4 Å². The van der Waals surface area contributed by atoms with Crippen LogP contribution in [0.4, 0.5) is 11.5 Å². The maximum Gasteiger partial charge on any atom is 0.343 e. The number of aromatic nitrogens is 2. The van der Waals surface area contributed by atoms with Crippen molar-refractivity contribution in [2.24, 2.45) is 0 Å². The van der Waals surface area contributed by atoms with Gasteiger partial charge in [0.05, 0.1) is 0 Å². The Hall–Kier alpha value is -2.70. The first-order valence-electron chi connectivity index (χ1n) is 6.42. The van der Waals surface area contributed by atoms with Gasteiger partial charge in [0.2, 0.25) is 0 Å². The third-order valence-electron chi connectivity index (χ3n) is 3.18. The van der Waals surface area contributed by atoms with Crippen molar-refractivity contribution in [3.8, 4) is 0 Å². The largest absolute Gasteiger partial charge is 0.358 e. The Bertz CT molecular complexity index is 706. The van der Waals surface area contributed by atoms with Gasteiger partial charge < -0.3 is 15.4 Å². The zero-order valence-corrected chi connectivity index (χ0v) is 12.1. The lowest BCUT2D eigenvalue weighted by Gasteiger charge is -2.09. The van der Waals surface area contributed by atoms with Crippen molar-refractivity contribution in [2.45, 2.75) is 27.3 Å². The Morgan fingerprint density at radius 3 is 2.71 bits per heavy atom. The monoisotopic (exact) mass is 288 g/mol. The fourth-order valence-electron chi connectivity index (χ4n) is 2.08. The molecule has 110 valence electrons. The van der Waals surface area contributed by atoms with Crippen molar-refractivity contribution >= 4 is 17.4 Å². The number of aryl methyl sites for hydroxylation is 3. The SMILES string of the molecule is Cc1ccc(NC(=O)Cn2c([N+](=O)[O-])cnc2C)c(C)c1. The minimum Gasteiger partial charge on any atom is -0.358 e. The number of imidazole rings is 1. The number of carbonyl (C=O) groups is 1. The smallest absolute Gasteiger partial charge is 0.343 e. The Kier molecular flexibility index (Phi) is 4.02. The Balaban J connectivity index is 2.15. The van der Waals surface area contributed by atoms with Gasteiger partial charge in [-0.05, 0) is 30.4 Å². The van der Waals surface area contributed by atoms with Gasteiger partial charge in [0.25, 0.3) is 5.91 Å². The minimum absolute atomic E-state index is 0.143. The summed E-state index contributed by atoms with van der Waals surface area (Å²) in [4.78, 5) is 26.3. The van der Waals surface area contributed by atoms with Gasteiger partial charge in [-0.1, -0.05) is 17.7 Å². The molecule has 0 bridgehead atoms. The summed E-state index contributed by atoms with van der Waals surface area (Å²) in [6.45, 7) is 5.34. The lowest BCUT2D eigenvalue weighted by atomic mass is 10.1. The van der Waals surface area contributed by atoms with E-state index in [0.717, 1.165) is 17.3 Å². The molecule has 1 aromatic carbocycles. The Morgan fingerprint density at radius 2 is 2.10 bits per heavy atom. The summed E-state index contributed by atoms with van der Waals surface area (Å²) in [6.07, 6.45) is 1.15. The number of hydrogen-bond donors (Lipinski definition) is 1. The molecule has 7 nitrogen and oxygen atoms in total. The molecule has 1 amide bonds. The van der Waals surface area contributed by atoms with E-state index in [9.17, 15) is 14.9 Å². The topological polar surface area (TPSA) is 90.1 Å². The Morgan fingerprint density at radius 1 is 1.38 bits per heavy atom.